The van der Waals surface area contributed by atoms with E-state index in [0.717, 1.165) is 18.8 Å². The highest BCUT2D eigenvalue weighted by atomic mass is 15.1. The fourth-order valence-electron chi connectivity index (χ4n) is 1.31. The van der Waals surface area contributed by atoms with Gasteiger partial charge in [0.15, 0.2) is 0 Å². The van der Waals surface area contributed by atoms with Crippen LogP contribution < -0.4 is 4.90 Å². The second kappa shape index (κ2) is 5.82. The van der Waals surface area contributed by atoms with E-state index in [1.54, 1.807) is 0 Å². The van der Waals surface area contributed by atoms with Gasteiger partial charge in [0.1, 0.15) is 0 Å². The number of nitriles is 1. The molecule has 0 unspecified atom stereocenters. The molecule has 72 valence electrons. The first-order chi connectivity index (χ1) is 6.88. The van der Waals surface area contributed by atoms with Crippen LogP contribution in [-0.2, 0) is 0 Å². The van der Waals surface area contributed by atoms with Gasteiger partial charge in [0.05, 0.1) is 12.5 Å². The zero-order valence-electron chi connectivity index (χ0n) is 8.19. The first kappa shape index (κ1) is 10.3. The van der Waals surface area contributed by atoms with Crippen LogP contribution in [0.5, 0.6) is 0 Å². The molecule has 0 saturated carbocycles. The van der Waals surface area contributed by atoms with E-state index in [4.69, 9.17) is 5.26 Å². The number of hydrogen-bond donors (Lipinski definition) is 0. The lowest BCUT2D eigenvalue weighted by atomic mass is 10.2. The minimum atomic E-state index is 0.544. The Bertz CT molecular complexity index is 311. The van der Waals surface area contributed by atoms with Crippen molar-refractivity contribution < 1.29 is 0 Å². The summed E-state index contributed by atoms with van der Waals surface area (Å²) in [4.78, 5) is 2.14. The van der Waals surface area contributed by atoms with Gasteiger partial charge in [0.25, 0.3) is 0 Å². The molecule has 0 amide bonds. The van der Waals surface area contributed by atoms with E-state index in [9.17, 15) is 0 Å². The molecule has 0 aliphatic heterocycles. The van der Waals surface area contributed by atoms with Crippen molar-refractivity contribution in [3.05, 3.63) is 43.0 Å². The number of rotatable bonds is 5. The summed E-state index contributed by atoms with van der Waals surface area (Å²) in [5.41, 5.74) is 1.14. The Morgan fingerprint density at radius 3 is 2.64 bits per heavy atom. The van der Waals surface area contributed by atoms with Crippen LogP contribution in [0.15, 0.2) is 43.0 Å². The Morgan fingerprint density at radius 1 is 1.36 bits per heavy atom. The molecular formula is C12H14N2. The van der Waals surface area contributed by atoms with Crippen LogP contribution in [0.4, 0.5) is 5.69 Å². The number of benzene rings is 1. The summed E-state index contributed by atoms with van der Waals surface area (Å²) in [5.74, 6) is 0. The molecule has 0 N–H and O–H groups in total. The number of hydrogen-bond acceptors (Lipinski definition) is 2. The molecule has 0 fully saturated rings. The van der Waals surface area contributed by atoms with E-state index in [-0.39, 0.29) is 0 Å². The van der Waals surface area contributed by atoms with Gasteiger partial charge >= 0.3 is 0 Å². The average molecular weight is 186 g/mol. The van der Waals surface area contributed by atoms with Crippen molar-refractivity contribution >= 4 is 5.69 Å². The van der Waals surface area contributed by atoms with Gasteiger partial charge in [-0.15, -0.1) is 6.58 Å². The maximum absolute atomic E-state index is 8.53. The highest BCUT2D eigenvalue weighted by Gasteiger charge is 2.02. The van der Waals surface area contributed by atoms with Crippen molar-refractivity contribution in [2.45, 2.75) is 6.42 Å². The van der Waals surface area contributed by atoms with Gasteiger partial charge in [-0.25, -0.2) is 0 Å². The molecule has 0 saturated heterocycles. The standard InChI is InChI=1S/C12H14N2/c1-2-10-14(11-6-9-13)12-7-4-3-5-8-12/h2-5,7-8H,1,6,10-11H2. The molecule has 0 aromatic heterocycles. The summed E-state index contributed by atoms with van der Waals surface area (Å²) < 4.78 is 0. The quantitative estimate of drug-likeness (QED) is 0.661. The van der Waals surface area contributed by atoms with Gasteiger partial charge in [-0.05, 0) is 12.1 Å². The lowest BCUT2D eigenvalue weighted by Gasteiger charge is -2.21. The predicted octanol–water partition coefficient (Wildman–Crippen LogP) is 2.59. The Hall–Kier alpha value is -1.75. The summed E-state index contributed by atoms with van der Waals surface area (Å²) >= 11 is 0. The van der Waals surface area contributed by atoms with Crippen LogP contribution in [0.25, 0.3) is 0 Å². The van der Waals surface area contributed by atoms with Crippen LogP contribution in [-0.4, -0.2) is 13.1 Å². The lowest BCUT2D eigenvalue weighted by molar-refractivity contribution is 0.859. The van der Waals surface area contributed by atoms with Crippen molar-refractivity contribution in [3.63, 3.8) is 0 Å². The van der Waals surface area contributed by atoms with Gasteiger partial charge in [-0.3, -0.25) is 0 Å². The average Bonchev–Trinajstić information content (AvgIpc) is 2.25. The SMILES string of the molecule is C=CCN(CCC#N)c1ccccc1. The zero-order chi connectivity index (χ0) is 10.2. The van der Waals surface area contributed by atoms with E-state index in [2.05, 4.69) is 17.5 Å². The van der Waals surface area contributed by atoms with Crippen LogP contribution in [0.2, 0.25) is 0 Å². The molecular weight excluding hydrogens is 172 g/mol. The van der Waals surface area contributed by atoms with E-state index in [1.807, 2.05) is 36.4 Å². The minimum absolute atomic E-state index is 0.544. The van der Waals surface area contributed by atoms with Crippen LogP contribution in [0.3, 0.4) is 0 Å². The molecule has 0 spiro atoms. The Labute approximate surface area is 85.1 Å². The Kier molecular flexibility index (Phi) is 4.30. The summed E-state index contributed by atoms with van der Waals surface area (Å²) in [6.45, 7) is 5.25. The molecule has 0 aliphatic rings. The molecule has 1 aromatic carbocycles. The fourth-order valence-corrected chi connectivity index (χ4v) is 1.31. The highest BCUT2D eigenvalue weighted by Crippen LogP contribution is 2.12. The van der Waals surface area contributed by atoms with Crippen molar-refractivity contribution in [2.75, 3.05) is 18.0 Å². The van der Waals surface area contributed by atoms with Gasteiger partial charge < -0.3 is 4.90 Å². The second-order valence-corrected chi connectivity index (χ2v) is 2.98. The second-order valence-electron chi connectivity index (χ2n) is 2.98. The van der Waals surface area contributed by atoms with Crippen LogP contribution >= 0.6 is 0 Å². The predicted molar refractivity (Wildman–Crippen MR) is 59.1 cm³/mol. The third-order valence-electron chi connectivity index (χ3n) is 1.96. The van der Waals surface area contributed by atoms with Crippen LogP contribution in [0, 0.1) is 11.3 Å². The lowest BCUT2D eigenvalue weighted by Crippen LogP contribution is -2.23. The number of anilines is 1. The van der Waals surface area contributed by atoms with E-state index < -0.39 is 0 Å². The molecule has 14 heavy (non-hydrogen) atoms. The van der Waals surface area contributed by atoms with Crippen LogP contribution in [0.1, 0.15) is 6.42 Å². The summed E-state index contributed by atoms with van der Waals surface area (Å²) in [5, 5.41) is 8.53. The monoisotopic (exact) mass is 186 g/mol. The topological polar surface area (TPSA) is 27.0 Å². The minimum Gasteiger partial charge on any atom is -0.367 e. The molecule has 0 heterocycles. The van der Waals surface area contributed by atoms with E-state index in [1.165, 1.54) is 0 Å². The molecule has 0 radical (unpaired) electrons. The maximum atomic E-state index is 8.53. The van der Waals surface area contributed by atoms with Crippen molar-refractivity contribution in [2.24, 2.45) is 0 Å². The van der Waals surface area contributed by atoms with E-state index >= 15 is 0 Å². The van der Waals surface area contributed by atoms with Gasteiger partial charge in [-0.1, -0.05) is 24.3 Å². The van der Waals surface area contributed by atoms with Crippen molar-refractivity contribution in [3.8, 4) is 6.07 Å². The smallest absolute Gasteiger partial charge is 0.0640 e. The van der Waals surface area contributed by atoms with Crippen molar-refractivity contribution in [1.82, 2.24) is 0 Å². The van der Waals surface area contributed by atoms with Gasteiger partial charge in [-0.2, -0.15) is 5.26 Å². The highest BCUT2D eigenvalue weighted by molar-refractivity contribution is 5.46. The Balaban J connectivity index is 2.68. The molecule has 2 nitrogen and oxygen atoms in total. The van der Waals surface area contributed by atoms with Crippen molar-refractivity contribution in [1.29, 1.82) is 5.26 Å². The largest absolute Gasteiger partial charge is 0.367 e. The van der Waals surface area contributed by atoms with E-state index in [0.29, 0.717) is 6.42 Å². The molecule has 0 atom stereocenters. The molecule has 1 aromatic rings. The first-order valence-corrected chi connectivity index (χ1v) is 4.66. The third kappa shape index (κ3) is 2.95. The first-order valence-electron chi connectivity index (χ1n) is 4.66. The van der Waals surface area contributed by atoms with Gasteiger partial charge in [0.2, 0.25) is 0 Å². The summed E-state index contributed by atoms with van der Waals surface area (Å²) in [6.07, 6.45) is 2.40. The normalized spacial score (nSPS) is 9.07. The molecule has 1 rings (SSSR count). The zero-order valence-corrected chi connectivity index (χ0v) is 8.19. The molecule has 0 aliphatic carbocycles. The van der Waals surface area contributed by atoms with Gasteiger partial charge in [0, 0.05) is 18.8 Å². The maximum Gasteiger partial charge on any atom is 0.0640 e. The molecule has 2 heteroatoms. The molecule has 0 bridgehead atoms. The number of nitrogens with zero attached hydrogens (tertiary/aromatic N) is 2. The summed E-state index contributed by atoms with van der Waals surface area (Å²) in [6, 6.07) is 12.2. The third-order valence-corrected chi connectivity index (χ3v) is 1.96. The summed E-state index contributed by atoms with van der Waals surface area (Å²) in [7, 11) is 0. The Morgan fingerprint density at radius 2 is 2.07 bits per heavy atom. The number of para-hydroxylation sites is 1. The fraction of sp³-hybridized carbons (Fsp3) is 0.250.